The van der Waals surface area contributed by atoms with Crippen molar-refractivity contribution < 1.29 is 23.0 Å². The summed E-state index contributed by atoms with van der Waals surface area (Å²) in [5.74, 6) is 0.138. The SMILES string of the molecule is CC1=C2CN(C(=O)OC(C)(C)C)CC2=C(OC(F)F)N(C)C1C. The van der Waals surface area contributed by atoms with Crippen LogP contribution in [0.15, 0.2) is 22.6 Å². The van der Waals surface area contributed by atoms with Gasteiger partial charge in [0.1, 0.15) is 5.60 Å². The number of ether oxygens (including phenoxy) is 2. The molecule has 7 heteroatoms. The van der Waals surface area contributed by atoms with Crippen LogP contribution in [0.1, 0.15) is 34.6 Å². The van der Waals surface area contributed by atoms with Crippen LogP contribution in [0.25, 0.3) is 0 Å². The van der Waals surface area contributed by atoms with Gasteiger partial charge in [-0.25, -0.2) is 4.79 Å². The number of halogens is 2. The predicted octanol–water partition coefficient (Wildman–Crippen LogP) is 3.34. The van der Waals surface area contributed by atoms with Crippen LogP contribution in [0.2, 0.25) is 0 Å². The molecule has 0 aromatic carbocycles. The second kappa shape index (κ2) is 6.02. The molecule has 1 saturated heterocycles. The molecule has 2 rings (SSSR count). The summed E-state index contributed by atoms with van der Waals surface area (Å²) in [4.78, 5) is 15.5. The quantitative estimate of drug-likeness (QED) is 0.779. The van der Waals surface area contributed by atoms with E-state index in [1.807, 2.05) is 13.8 Å². The summed E-state index contributed by atoms with van der Waals surface area (Å²) in [5.41, 5.74) is 1.97. The third kappa shape index (κ3) is 3.59. The fourth-order valence-corrected chi connectivity index (χ4v) is 2.81. The van der Waals surface area contributed by atoms with Crippen molar-refractivity contribution in [3.05, 3.63) is 22.6 Å². The molecule has 1 amide bonds. The number of carbonyl (C=O) groups excluding carboxylic acids is 1. The van der Waals surface area contributed by atoms with Gasteiger partial charge in [0, 0.05) is 19.2 Å². The molecular formula is C16H24F2N2O3. The molecule has 1 fully saturated rings. The number of likely N-dealkylation sites (N-methyl/N-ethyl adjacent to an activating group) is 1. The summed E-state index contributed by atoms with van der Waals surface area (Å²) < 4.78 is 35.6. The molecule has 1 unspecified atom stereocenters. The lowest BCUT2D eigenvalue weighted by atomic mass is 9.94. The van der Waals surface area contributed by atoms with E-state index in [0.29, 0.717) is 12.1 Å². The van der Waals surface area contributed by atoms with Gasteiger partial charge in [-0.2, -0.15) is 8.78 Å². The van der Waals surface area contributed by atoms with E-state index in [1.54, 1.807) is 32.7 Å². The highest BCUT2D eigenvalue weighted by Crippen LogP contribution is 2.37. The van der Waals surface area contributed by atoms with Crippen molar-refractivity contribution in [2.24, 2.45) is 0 Å². The highest BCUT2D eigenvalue weighted by Gasteiger charge is 2.39. The van der Waals surface area contributed by atoms with Gasteiger partial charge >= 0.3 is 12.7 Å². The van der Waals surface area contributed by atoms with Gasteiger partial charge in [-0.15, -0.1) is 0 Å². The molecule has 2 aliphatic rings. The summed E-state index contributed by atoms with van der Waals surface area (Å²) >= 11 is 0. The zero-order valence-corrected chi connectivity index (χ0v) is 14.4. The Morgan fingerprint density at radius 3 is 2.35 bits per heavy atom. The average molecular weight is 330 g/mol. The molecule has 130 valence electrons. The van der Waals surface area contributed by atoms with Crippen LogP contribution < -0.4 is 0 Å². The number of amides is 1. The molecule has 0 aromatic rings. The second-order valence-electron chi connectivity index (χ2n) is 6.95. The maximum Gasteiger partial charge on any atom is 0.410 e. The molecule has 0 radical (unpaired) electrons. The zero-order valence-electron chi connectivity index (χ0n) is 14.4. The highest BCUT2D eigenvalue weighted by molar-refractivity contribution is 5.71. The summed E-state index contributed by atoms with van der Waals surface area (Å²) in [7, 11) is 1.71. The zero-order chi connectivity index (χ0) is 17.5. The Bertz CT molecular complexity index is 564. The van der Waals surface area contributed by atoms with Gasteiger partial charge in [0.15, 0.2) is 0 Å². The van der Waals surface area contributed by atoms with E-state index in [0.717, 1.165) is 11.1 Å². The van der Waals surface area contributed by atoms with Crippen LogP contribution in [0, 0.1) is 0 Å². The number of likely N-dealkylation sites (tertiary alicyclic amines) is 1. The first-order chi connectivity index (χ1) is 10.5. The number of hydrogen-bond donors (Lipinski definition) is 0. The monoisotopic (exact) mass is 330 g/mol. The number of carbonyl (C=O) groups is 1. The lowest BCUT2D eigenvalue weighted by Crippen LogP contribution is -2.36. The summed E-state index contributed by atoms with van der Waals surface area (Å²) in [6, 6.07) is -0.0684. The fraction of sp³-hybridized carbons (Fsp3) is 0.688. The minimum absolute atomic E-state index is 0.0684. The Morgan fingerprint density at radius 2 is 1.83 bits per heavy atom. The standard InChI is InChI=1S/C16H24F2N2O3/c1-9-10(2)19(6)13(22-14(17)18)12-8-20(7-11(9)12)15(21)23-16(3,4)5/h10,14H,7-8H2,1-6H3. The molecule has 5 nitrogen and oxygen atoms in total. The third-order valence-corrected chi connectivity index (χ3v) is 4.18. The number of nitrogens with zero attached hydrogens (tertiary/aromatic N) is 2. The molecule has 0 bridgehead atoms. The van der Waals surface area contributed by atoms with E-state index >= 15 is 0 Å². The highest BCUT2D eigenvalue weighted by atomic mass is 19.3. The van der Waals surface area contributed by atoms with Crippen molar-refractivity contribution in [3.8, 4) is 0 Å². The smallest absolute Gasteiger partial charge is 0.410 e. The first kappa shape index (κ1) is 17.6. The predicted molar refractivity (Wildman–Crippen MR) is 81.8 cm³/mol. The minimum atomic E-state index is -2.90. The fourth-order valence-electron chi connectivity index (χ4n) is 2.81. The lowest BCUT2D eigenvalue weighted by Gasteiger charge is -2.35. The lowest BCUT2D eigenvalue weighted by molar-refractivity contribution is -0.119. The van der Waals surface area contributed by atoms with Gasteiger partial charge in [0.05, 0.1) is 12.6 Å². The van der Waals surface area contributed by atoms with E-state index in [1.165, 1.54) is 4.90 Å². The maximum absolute atomic E-state index is 12.7. The Labute approximate surface area is 135 Å². The van der Waals surface area contributed by atoms with Crippen LogP contribution in [0.5, 0.6) is 0 Å². The molecule has 23 heavy (non-hydrogen) atoms. The first-order valence-corrected chi connectivity index (χ1v) is 7.60. The van der Waals surface area contributed by atoms with Crippen LogP contribution in [0.4, 0.5) is 13.6 Å². The molecule has 0 aromatic heterocycles. The second-order valence-corrected chi connectivity index (χ2v) is 6.95. The molecule has 0 saturated carbocycles. The molecule has 0 N–H and O–H groups in total. The molecule has 2 aliphatic heterocycles. The normalized spacial score (nSPS) is 22.0. The first-order valence-electron chi connectivity index (χ1n) is 7.60. The van der Waals surface area contributed by atoms with Gasteiger partial charge in [-0.05, 0) is 45.8 Å². The third-order valence-electron chi connectivity index (χ3n) is 4.18. The van der Waals surface area contributed by atoms with E-state index < -0.39 is 18.3 Å². The van der Waals surface area contributed by atoms with E-state index in [2.05, 4.69) is 0 Å². The Morgan fingerprint density at radius 1 is 1.26 bits per heavy atom. The van der Waals surface area contributed by atoms with Crippen LogP contribution in [-0.4, -0.2) is 54.3 Å². The largest absolute Gasteiger partial charge is 0.444 e. The van der Waals surface area contributed by atoms with E-state index in [-0.39, 0.29) is 18.5 Å². The van der Waals surface area contributed by atoms with Gasteiger partial charge in [0.25, 0.3) is 0 Å². The number of hydrogen-bond acceptors (Lipinski definition) is 4. The molecular weight excluding hydrogens is 306 g/mol. The van der Waals surface area contributed by atoms with Gasteiger partial charge in [-0.1, -0.05) is 0 Å². The van der Waals surface area contributed by atoms with Crippen molar-refractivity contribution in [2.45, 2.75) is 52.9 Å². The Kier molecular flexibility index (Phi) is 4.59. The minimum Gasteiger partial charge on any atom is -0.444 e. The molecule has 0 aliphatic carbocycles. The Hall–Kier alpha value is -1.79. The topological polar surface area (TPSA) is 42.0 Å². The number of alkyl halides is 2. The summed E-state index contributed by atoms with van der Waals surface area (Å²) in [6.45, 7) is 6.91. The van der Waals surface area contributed by atoms with Gasteiger partial charge in [-0.3, -0.25) is 4.90 Å². The van der Waals surface area contributed by atoms with Crippen molar-refractivity contribution in [2.75, 3.05) is 20.1 Å². The maximum atomic E-state index is 12.7. The van der Waals surface area contributed by atoms with Gasteiger partial charge < -0.3 is 14.4 Å². The molecule has 2 heterocycles. The number of rotatable bonds is 2. The molecule has 1 atom stereocenters. The summed E-state index contributed by atoms with van der Waals surface area (Å²) in [5, 5.41) is 0. The van der Waals surface area contributed by atoms with Crippen molar-refractivity contribution in [1.29, 1.82) is 0 Å². The Balaban J connectivity index is 2.33. The summed E-state index contributed by atoms with van der Waals surface area (Å²) in [6.07, 6.45) is -0.452. The molecule has 0 spiro atoms. The van der Waals surface area contributed by atoms with Crippen molar-refractivity contribution in [3.63, 3.8) is 0 Å². The van der Waals surface area contributed by atoms with Crippen LogP contribution >= 0.6 is 0 Å². The number of fused-ring (bicyclic) bond motifs is 1. The van der Waals surface area contributed by atoms with Gasteiger partial charge in [0.2, 0.25) is 5.88 Å². The van der Waals surface area contributed by atoms with E-state index in [4.69, 9.17) is 9.47 Å². The van der Waals surface area contributed by atoms with Crippen molar-refractivity contribution in [1.82, 2.24) is 9.80 Å². The van der Waals surface area contributed by atoms with Crippen LogP contribution in [-0.2, 0) is 9.47 Å². The average Bonchev–Trinajstić information content (AvgIpc) is 2.84. The van der Waals surface area contributed by atoms with E-state index in [9.17, 15) is 13.6 Å². The van der Waals surface area contributed by atoms with Crippen molar-refractivity contribution >= 4 is 6.09 Å². The van der Waals surface area contributed by atoms with Crippen LogP contribution in [0.3, 0.4) is 0 Å².